The van der Waals surface area contributed by atoms with Gasteiger partial charge in [0.05, 0.1) is 23.6 Å². The zero-order valence-electron chi connectivity index (χ0n) is 13.0. The molecule has 1 aromatic heterocycles. The number of halogens is 1. The summed E-state index contributed by atoms with van der Waals surface area (Å²) in [6.07, 6.45) is 2.94. The number of aliphatic hydroxyl groups is 1. The molecular formula is C17H20FNO3S. The van der Waals surface area contributed by atoms with E-state index in [0.717, 1.165) is 24.0 Å². The molecular weight excluding hydrogens is 317 g/mol. The molecule has 2 N–H and O–H groups in total. The summed E-state index contributed by atoms with van der Waals surface area (Å²) in [6, 6.07) is 4.59. The average molecular weight is 337 g/mol. The maximum atomic E-state index is 14.1. The number of thiophene rings is 1. The normalized spacial score (nSPS) is 21.5. The second-order valence-electron chi connectivity index (χ2n) is 5.89. The van der Waals surface area contributed by atoms with E-state index in [0.29, 0.717) is 22.2 Å². The summed E-state index contributed by atoms with van der Waals surface area (Å²) >= 11 is 1.26. The van der Waals surface area contributed by atoms with Crippen molar-refractivity contribution in [2.75, 3.05) is 7.11 Å². The Morgan fingerprint density at radius 3 is 2.96 bits per heavy atom. The smallest absolute Gasteiger partial charge is 0.262 e. The van der Waals surface area contributed by atoms with Crippen LogP contribution in [0.4, 0.5) is 4.39 Å². The van der Waals surface area contributed by atoms with Gasteiger partial charge in [0, 0.05) is 22.8 Å². The number of aliphatic hydroxyl groups excluding tert-OH is 1. The summed E-state index contributed by atoms with van der Waals surface area (Å²) < 4.78 is 20.0. The van der Waals surface area contributed by atoms with Crippen LogP contribution >= 0.6 is 11.3 Å². The fourth-order valence-corrected chi connectivity index (χ4v) is 4.27. The lowest BCUT2D eigenvalue weighted by Gasteiger charge is -2.28. The van der Waals surface area contributed by atoms with Crippen LogP contribution in [0.1, 0.15) is 40.9 Å². The summed E-state index contributed by atoms with van der Waals surface area (Å²) in [5.74, 6) is -0.605. The van der Waals surface area contributed by atoms with Crippen LogP contribution in [-0.2, 0) is 11.3 Å². The summed E-state index contributed by atoms with van der Waals surface area (Å²) in [7, 11) is 1.52. The number of amides is 1. The Morgan fingerprint density at radius 1 is 1.43 bits per heavy atom. The molecule has 2 atom stereocenters. The van der Waals surface area contributed by atoms with E-state index in [9.17, 15) is 14.3 Å². The molecule has 3 rings (SSSR count). The largest absolute Gasteiger partial charge is 0.391 e. The molecule has 2 aromatic rings. The third-order valence-electron chi connectivity index (χ3n) is 4.30. The molecule has 0 radical (unpaired) electrons. The maximum Gasteiger partial charge on any atom is 0.262 e. The summed E-state index contributed by atoms with van der Waals surface area (Å²) in [6.45, 7) is 0.177. The van der Waals surface area contributed by atoms with Gasteiger partial charge in [-0.15, -0.1) is 11.3 Å². The molecule has 1 aromatic carbocycles. The number of rotatable bonds is 4. The van der Waals surface area contributed by atoms with Gasteiger partial charge in [0.1, 0.15) is 5.82 Å². The lowest BCUT2D eigenvalue weighted by Crippen LogP contribution is -2.45. The number of hydrogen-bond donors (Lipinski definition) is 2. The van der Waals surface area contributed by atoms with Crippen LogP contribution in [0.5, 0.6) is 0 Å². The molecule has 4 nitrogen and oxygen atoms in total. The molecule has 0 saturated heterocycles. The molecule has 1 fully saturated rings. The van der Waals surface area contributed by atoms with E-state index in [4.69, 9.17) is 4.74 Å². The Morgan fingerprint density at radius 2 is 2.22 bits per heavy atom. The standard InChI is InChI=1S/C17H20FNO3S/c1-22-9-10-15-11(18)5-4-8-14(15)23-16(10)17(21)19-12-6-2-3-7-13(12)20/h4-5,8,12-13,20H,2-3,6-7,9H2,1H3,(H,19,21). The van der Waals surface area contributed by atoms with E-state index < -0.39 is 6.10 Å². The fraction of sp³-hybridized carbons (Fsp3) is 0.471. The van der Waals surface area contributed by atoms with E-state index >= 15 is 0 Å². The number of benzene rings is 1. The minimum Gasteiger partial charge on any atom is -0.391 e. The monoisotopic (exact) mass is 337 g/mol. The number of fused-ring (bicyclic) bond motifs is 1. The summed E-state index contributed by atoms with van der Waals surface area (Å²) in [5, 5.41) is 13.4. The van der Waals surface area contributed by atoms with Crippen molar-refractivity contribution in [2.45, 2.75) is 44.4 Å². The molecule has 23 heavy (non-hydrogen) atoms. The first kappa shape index (κ1) is 16.4. The molecule has 1 saturated carbocycles. The molecule has 1 aliphatic carbocycles. The lowest BCUT2D eigenvalue weighted by molar-refractivity contribution is 0.0718. The van der Waals surface area contributed by atoms with Gasteiger partial charge in [-0.25, -0.2) is 4.39 Å². The number of carbonyl (C=O) groups is 1. The Hall–Kier alpha value is -1.50. The topological polar surface area (TPSA) is 58.6 Å². The molecule has 124 valence electrons. The second-order valence-corrected chi connectivity index (χ2v) is 6.94. The number of carbonyl (C=O) groups excluding carboxylic acids is 1. The van der Waals surface area contributed by atoms with Crippen molar-refractivity contribution in [2.24, 2.45) is 0 Å². The molecule has 0 aliphatic heterocycles. The quantitative estimate of drug-likeness (QED) is 0.901. The van der Waals surface area contributed by atoms with Gasteiger partial charge in [0.2, 0.25) is 0 Å². The van der Waals surface area contributed by atoms with Crippen LogP contribution in [0.2, 0.25) is 0 Å². The number of hydrogen-bond acceptors (Lipinski definition) is 4. The van der Waals surface area contributed by atoms with Crippen molar-refractivity contribution < 1.29 is 19.0 Å². The number of ether oxygens (including phenoxy) is 1. The Bertz CT molecular complexity index is 715. The van der Waals surface area contributed by atoms with Crippen molar-refractivity contribution in [3.63, 3.8) is 0 Å². The van der Waals surface area contributed by atoms with Gasteiger partial charge in [0.15, 0.2) is 0 Å². The maximum absolute atomic E-state index is 14.1. The Kier molecular flexibility index (Phi) is 4.94. The van der Waals surface area contributed by atoms with Crippen LogP contribution in [-0.4, -0.2) is 30.3 Å². The van der Waals surface area contributed by atoms with Gasteiger partial charge >= 0.3 is 0 Å². The van der Waals surface area contributed by atoms with E-state index in [1.165, 1.54) is 24.5 Å². The lowest BCUT2D eigenvalue weighted by atomic mass is 9.92. The van der Waals surface area contributed by atoms with Gasteiger partial charge in [-0.1, -0.05) is 18.9 Å². The van der Waals surface area contributed by atoms with Gasteiger partial charge in [-0.3, -0.25) is 4.79 Å². The van der Waals surface area contributed by atoms with Crippen molar-refractivity contribution in [3.8, 4) is 0 Å². The van der Waals surface area contributed by atoms with Crippen LogP contribution in [0.15, 0.2) is 18.2 Å². The van der Waals surface area contributed by atoms with E-state index in [-0.39, 0.29) is 24.4 Å². The summed E-state index contributed by atoms with van der Waals surface area (Å²) in [5.41, 5.74) is 0.577. The van der Waals surface area contributed by atoms with Gasteiger partial charge < -0.3 is 15.2 Å². The fourth-order valence-electron chi connectivity index (χ4n) is 3.15. The second kappa shape index (κ2) is 6.95. The minimum atomic E-state index is -0.510. The number of nitrogens with one attached hydrogen (secondary N) is 1. The Balaban J connectivity index is 1.93. The summed E-state index contributed by atoms with van der Waals surface area (Å²) in [4.78, 5) is 13.1. The van der Waals surface area contributed by atoms with Crippen molar-refractivity contribution in [3.05, 3.63) is 34.5 Å². The highest BCUT2D eigenvalue weighted by Gasteiger charge is 2.27. The zero-order chi connectivity index (χ0) is 16.4. The highest BCUT2D eigenvalue weighted by molar-refractivity contribution is 7.21. The zero-order valence-corrected chi connectivity index (χ0v) is 13.8. The van der Waals surface area contributed by atoms with Crippen LogP contribution in [0, 0.1) is 5.82 Å². The highest BCUT2D eigenvalue weighted by Crippen LogP contribution is 2.34. The molecule has 1 amide bonds. The first-order chi connectivity index (χ1) is 11.1. The molecule has 1 aliphatic rings. The third kappa shape index (κ3) is 3.24. The third-order valence-corrected chi connectivity index (χ3v) is 5.50. The molecule has 6 heteroatoms. The van der Waals surface area contributed by atoms with Gasteiger partial charge in [0.25, 0.3) is 5.91 Å². The molecule has 0 spiro atoms. The molecule has 0 bridgehead atoms. The number of methoxy groups -OCH3 is 1. The van der Waals surface area contributed by atoms with E-state index in [1.807, 2.05) is 0 Å². The van der Waals surface area contributed by atoms with Gasteiger partial charge in [-0.05, 0) is 25.0 Å². The van der Waals surface area contributed by atoms with Crippen molar-refractivity contribution in [1.29, 1.82) is 0 Å². The van der Waals surface area contributed by atoms with Crippen molar-refractivity contribution >= 4 is 27.3 Å². The molecule has 1 heterocycles. The predicted molar refractivity (Wildman–Crippen MR) is 88.2 cm³/mol. The predicted octanol–water partition coefficient (Wildman–Crippen LogP) is 3.22. The van der Waals surface area contributed by atoms with E-state index in [1.54, 1.807) is 12.1 Å². The van der Waals surface area contributed by atoms with Crippen LogP contribution in [0.3, 0.4) is 0 Å². The van der Waals surface area contributed by atoms with Crippen molar-refractivity contribution in [1.82, 2.24) is 5.32 Å². The highest BCUT2D eigenvalue weighted by atomic mass is 32.1. The first-order valence-electron chi connectivity index (χ1n) is 7.79. The minimum absolute atomic E-state index is 0.177. The molecule has 2 unspecified atom stereocenters. The first-order valence-corrected chi connectivity index (χ1v) is 8.61. The van der Waals surface area contributed by atoms with E-state index in [2.05, 4.69) is 5.32 Å². The Labute approximate surface area is 138 Å². The van der Waals surface area contributed by atoms with Crippen LogP contribution < -0.4 is 5.32 Å². The van der Waals surface area contributed by atoms with Gasteiger partial charge in [-0.2, -0.15) is 0 Å². The average Bonchev–Trinajstić information content (AvgIpc) is 2.90. The van der Waals surface area contributed by atoms with Crippen LogP contribution in [0.25, 0.3) is 10.1 Å². The SMILES string of the molecule is COCc1c(C(=O)NC2CCCCC2O)sc2cccc(F)c12.